The second-order valence-corrected chi connectivity index (χ2v) is 5.83. The van der Waals surface area contributed by atoms with Gasteiger partial charge in [0.1, 0.15) is 11.5 Å². The quantitative estimate of drug-likeness (QED) is 0.481. The van der Waals surface area contributed by atoms with Crippen LogP contribution in [0.3, 0.4) is 0 Å². The lowest BCUT2D eigenvalue weighted by atomic mass is 10.3. The molecule has 0 saturated carbocycles. The Morgan fingerprint density at radius 3 is 2.27 bits per heavy atom. The van der Waals surface area contributed by atoms with Gasteiger partial charge in [-0.25, -0.2) is 0 Å². The number of rotatable bonds is 1. The summed E-state index contributed by atoms with van der Waals surface area (Å²) in [6.07, 6.45) is 0. The van der Waals surface area contributed by atoms with E-state index in [4.69, 9.17) is 5.11 Å². The fraction of sp³-hybridized carbons (Fsp3) is 0.250. The van der Waals surface area contributed by atoms with Gasteiger partial charge < -0.3 is 10.2 Å². The lowest BCUT2D eigenvalue weighted by Gasteiger charge is -2.06. The van der Waals surface area contributed by atoms with Crippen molar-refractivity contribution in [2.24, 2.45) is 0 Å². The van der Waals surface area contributed by atoms with Gasteiger partial charge in [0.05, 0.1) is 8.80 Å². The average molecular weight is 168 g/mol. The van der Waals surface area contributed by atoms with Crippen LogP contribution in [0.4, 0.5) is 0 Å². The van der Waals surface area contributed by atoms with Gasteiger partial charge in [-0.15, -0.1) is 0 Å². The van der Waals surface area contributed by atoms with Gasteiger partial charge in [0, 0.05) is 0 Å². The monoisotopic (exact) mass is 168 g/mol. The minimum atomic E-state index is -1.01. The molecule has 0 unspecified atom stereocenters. The highest BCUT2D eigenvalue weighted by Crippen LogP contribution is 2.13. The molecule has 1 rings (SSSR count). The Morgan fingerprint density at radius 1 is 1.18 bits per heavy atom. The van der Waals surface area contributed by atoms with Crippen LogP contribution in [-0.2, 0) is 0 Å². The van der Waals surface area contributed by atoms with E-state index >= 15 is 0 Å². The number of hydrogen-bond acceptors (Lipinski definition) is 2. The van der Waals surface area contributed by atoms with Gasteiger partial charge in [-0.2, -0.15) is 0 Å². The van der Waals surface area contributed by atoms with Crippen LogP contribution >= 0.6 is 0 Å². The predicted octanol–water partition coefficient (Wildman–Crippen LogP) is 0.791. The molecule has 0 amide bonds. The van der Waals surface area contributed by atoms with Crippen LogP contribution in [0.2, 0.25) is 13.1 Å². The molecule has 0 heterocycles. The summed E-state index contributed by atoms with van der Waals surface area (Å²) in [5.74, 6) is 0.545. The fourth-order valence-corrected chi connectivity index (χ4v) is 2.20. The third-order valence-electron chi connectivity index (χ3n) is 1.63. The largest absolute Gasteiger partial charge is 0.508 e. The summed E-state index contributed by atoms with van der Waals surface area (Å²) in [5, 5.41) is 19.3. The van der Waals surface area contributed by atoms with E-state index in [1.165, 1.54) is 12.1 Å². The molecule has 0 aliphatic carbocycles. The number of benzene rings is 1. The van der Waals surface area contributed by atoms with Crippen LogP contribution in [0.25, 0.3) is 0 Å². The van der Waals surface area contributed by atoms with E-state index in [0.717, 1.165) is 5.19 Å². The molecule has 11 heavy (non-hydrogen) atoms. The SMILES string of the molecule is C[SiH](C)c1cc(O)ccc1O. The first-order valence-electron chi connectivity index (χ1n) is 3.63. The number of aromatic hydroxyl groups is 2. The maximum Gasteiger partial charge on any atom is 0.115 e. The van der Waals surface area contributed by atoms with Gasteiger partial charge in [-0.3, -0.25) is 0 Å². The van der Waals surface area contributed by atoms with E-state index < -0.39 is 8.80 Å². The first-order valence-corrected chi connectivity index (χ1v) is 6.52. The van der Waals surface area contributed by atoms with Crippen molar-refractivity contribution in [3.05, 3.63) is 18.2 Å². The van der Waals surface area contributed by atoms with Crippen molar-refractivity contribution >= 4 is 14.0 Å². The molecule has 0 bridgehead atoms. The van der Waals surface area contributed by atoms with E-state index in [1.807, 2.05) is 0 Å². The first-order chi connectivity index (χ1) is 5.11. The van der Waals surface area contributed by atoms with Crippen molar-refractivity contribution in [1.29, 1.82) is 0 Å². The molecule has 0 fully saturated rings. The lowest BCUT2D eigenvalue weighted by molar-refractivity contribution is 0.463. The van der Waals surface area contributed by atoms with Gasteiger partial charge >= 0.3 is 0 Å². The van der Waals surface area contributed by atoms with Gasteiger partial charge in [0.2, 0.25) is 0 Å². The maximum atomic E-state index is 9.33. The Bertz CT molecular complexity index is 258. The predicted molar refractivity (Wildman–Crippen MR) is 48.3 cm³/mol. The molecular formula is C8H12O2Si. The molecule has 0 aromatic heterocycles. The molecule has 0 spiro atoms. The molecule has 1 aromatic carbocycles. The van der Waals surface area contributed by atoms with Crippen LogP contribution in [0.5, 0.6) is 11.5 Å². The van der Waals surface area contributed by atoms with Crippen LogP contribution in [0.1, 0.15) is 0 Å². The molecule has 1 aromatic rings. The molecule has 0 atom stereocenters. The average Bonchev–Trinajstić information content (AvgIpc) is 1.94. The third kappa shape index (κ3) is 1.74. The number of phenols is 2. The molecule has 2 nitrogen and oxygen atoms in total. The van der Waals surface area contributed by atoms with Crippen molar-refractivity contribution in [3.8, 4) is 11.5 Å². The maximum absolute atomic E-state index is 9.33. The Balaban J connectivity index is 3.13. The lowest BCUT2D eigenvalue weighted by Crippen LogP contribution is -2.22. The minimum absolute atomic E-state index is 0.235. The zero-order chi connectivity index (χ0) is 8.43. The van der Waals surface area contributed by atoms with Gasteiger partial charge in [0.25, 0.3) is 0 Å². The number of phenolic OH excluding ortho intramolecular Hbond substituents is 2. The van der Waals surface area contributed by atoms with E-state index in [1.54, 1.807) is 6.07 Å². The van der Waals surface area contributed by atoms with Crippen molar-refractivity contribution in [3.63, 3.8) is 0 Å². The van der Waals surface area contributed by atoms with Crippen molar-refractivity contribution < 1.29 is 10.2 Å². The molecule has 0 saturated heterocycles. The highest BCUT2D eigenvalue weighted by Gasteiger charge is 2.06. The van der Waals surface area contributed by atoms with E-state index in [-0.39, 0.29) is 5.75 Å². The van der Waals surface area contributed by atoms with Gasteiger partial charge in [-0.1, -0.05) is 13.1 Å². The zero-order valence-electron chi connectivity index (χ0n) is 6.70. The zero-order valence-corrected chi connectivity index (χ0v) is 7.86. The summed E-state index contributed by atoms with van der Waals surface area (Å²) in [6.45, 7) is 4.21. The normalized spacial score (nSPS) is 10.5. The van der Waals surface area contributed by atoms with Gasteiger partial charge in [0.15, 0.2) is 0 Å². The summed E-state index contributed by atoms with van der Waals surface area (Å²) >= 11 is 0. The van der Waals surface area contributed by atoms with Crippen LogP contribution in [0.15, 0.2) is 18.2 Å². The van der Waals surface area contributed by atoms with Crippen molar-refractivity contribution in [2.45, 2.75) is 13.1 Å². The minimum Gasteiger partial charge on any atom is -0.508 e. The second kappa shape index (κ2) is 2.96. The Hall–Kier alpha value is -0.963. The second-order valence-electron chi connectivity index (χ2n) is 2.90. The summed E-state index contributed by atoms with van der Waals surface area (Å²) in [6, 6.07) is 4.68. The molecule has 2 N–H and O–H groups in total. The smallest absolute Gasteiger partial charge is 0.115 e. The van der Waals surface area contributed by atoms with E-state index in [9.17, 15) is 5.11 Å². The summed E-state index contributed by atoms with van der Waals surface area (Å²) < 4.78 is 0. The molecule has 3 heteroatoms. The summed E-state index contributed by atoms with van der Waals surface area (Å²) in [5.41, 5.74) is 0. The van der Waals surface area contributed by atoms with Crippen molar-refractivity contribution in [1.82, 2.24) is 0 Å². The van der Waals surface area contributed by atoms with E-state index in [0.29, 0.717) is 5.75 Å². The molecule has 60 valence electrons. The van der Waals surface area contributed by atoms with E-state index in [2.05, 4.69) is 13.1 Å². The van der Waals surface area contributed by atoms with Crippen LogP contribution in [-0.4, -0.2) is 19.0 Å². The fourth-order valence-electron chi connectivity index (χ4n) is 1.00. The van der Waals surface area contributed by atoms with Crippen LogP contribution in [0, 0.1) is 0 Å². The highest BCUT2D eigenvalue weighted by molar-refractivity contribution is 6.71. The molecular weight excluding hydrogens is 156 g/mol. The highest BCUT2D eigenvalue weighted by atomic mass is 28.3. The molecule has 0 radical (unpaired) electrons. The molecule has 0 aliphatic heterocycles. The third-order valence-corrected chi connectivity index (χ3v) is 3.34. The molecule has 0 aliphatic rings. The first kappa shape index (κ1) is 8.14. The summed E-state index contributed by atoms with van der Waals surface area (Å²) in [4.78, 5) is 0. The number of hydrogen-bond donors (Lipinski definition) is 2. The Kier molecular flexibility index (Phi) is 2.19. The van der Waals surface area contributed by atoms with Crippen LogP contribution < -0.4 is 5.19 Å². The Labute approximate surface area is 67.7 Å². The topological polar surface area (TPSA) is 40.5 Å². The Morgan fingerprint density at radius 2 is 1.82 bits per heavy atom. The van der Waals surface area contributed by atoms with Gasteiger partial charge in [-0.05, 0) is 23.4 Å². The standard InChI is InChI=1S/C8H12O2Si/c1-11(2)8-5-6(9)3-4-7(8)10/h3-5,9-11H,1-2H3. The summed E-state index contributed by atoms with van der Waals surface area (Å²) in [7, 11) is -1.01. The van der Waals surface area contributed by atoms with Crippen molar-refractivity contribution in [2.75, 3.05) is 0 Å².